The molecule has 0 radical (unpaired) electrons. The van der Waals surface area contributed by atoms with E-state index in [-0.39, 0.29) is 30.7 Å². The molecule has 1 aliphatic rings. The third-order valence-electron chi connectivity index (χ3n) is 4.75. The van der Waals surface area contributed by atoms with Crippen LogP contribution in [0.25, 0.3) is 0 Å². The Morgan fingerprint density at radius 3 is 2.64 bits per heavy atom. The Kier molecular flexibility index (Phi) is 6.95. The van der Waals surface area contributed by atoms with Crippen LogP contribution in [0.1, 0.15) is 35.7 Å². The second-order valence-electron chi connectivity index (χ2n) is 6.98. The number of hydrazone groups is 1. The van der Waals surface area contributed by atoms with Crippen LogP contribution >= 0.6 is 11.3 Å². The molecule has 6 nitrogen and oxygen atoms in total. The number of carbonyl (C=O) groups excluding carboxylic acids is 2. The first kappa shape index (κ1) is 20.2. The molecule has 7 heteroatoms. The van der Waals surface area contributed by atoms with Crippen LogP contribution < -0.4 is 5.32 Å². The number of thiophene rings is 1. The Bertz CT molecular complexity index is 818. The number of carbonyl (C=O) groups is 2. The molecule has 1 aliphatic heterocycles. The van der Waals surface area contributed by atoms with Gasteiger partial charge in [0, 0.05) is 30.7 Å². The number of amides is 2. The summed E-state index contributed by atoms with van der Waals surface area (Å²) < 4.78 is 0. The van der Waals surface area contributed by atoms with E-state index >= 15 is 0 Å². The number of nitrogens with zero attached hydrogens (tertiary/aromatic N) is 3. The zero-order valence-electron chi connectivity index (χ0n) is 16.3. The van der Waals surface area contributed by atoms with Gasteiger partial charge in [-0.1, -0.05) is 36.4 Å². The maximum absolute atomic E-state index is 12.4. The molecule has 0 fully saturated rings. The lowest BCUT2D eigenvalue weighted by atomic mass is 10.1. The first-order valence-corrected chi connectivity index (χ1v) is 10.3. The predicted octanol–water partition coefficient (Wildman–Crippen LogP) is 2.88. The third-order valence-corrected chi connectivity index (χ3v) is 5.72. The fourth-order valence-electron chi connectivity index (χ4n) is 3.14. The van der Waals surface area contributed by atoms with E-state index in [0.717, 1.165) is 17.7 Å². The Morgan fingerprint density at radius 2 is 1.96 bits per heavy atom. The van der Waals surface area contributed by atoms with Crippen molar-refractivity contribution < 1.29 is 9.59 Å². The Hall–Kier alpha value is -2.51. The molecule has 1 aromatic heterocycles. The van der Waals surface area contributed by atoms with Crippen LogP contribution in [-0.2, 0) is 9.59 Å². The molecular formula is C21H26N4O2S. The largest absolute Gasteiger partial charge is 0.354 e. The molecule has 0 saturated carbocycles. The van der Waals surface area contributed by atoms with E-state index in [2.05, 4.69) is 21.4 Å². The monoisotopic (exact) mass is 398 g/mol. The van der Waals surface area contributed by atoms with Crippen LogP contribution in [0, 0.1) is 0 Å². The van der Waals surface area contributed by atoms with Gasteiger partial charge in [-0.3, -0.25) is 9.59 Å². The SMILES string of the molecule is CN(C)C(CNC(=O)CCC(=O)N1CCC(c2ccccc2)=N1)c1cccs1. The van der Waals surface area contributed by atoms with Crippen molar-refractivity contribution >= 4 is 28.9 Å². The minimum Gasteiger partial charge on any atom is -0.354 e. The molecule has 0 bridgehead atoms. The van der Waals surface area contributed by atoms with Gasteiger partial charge in [0.1, 0.15) is 0 Å². The third kappa shape index (κ3) is 5.27. The molecule has 1 N–H and O–H groups in total. The Morgan fingerprint density at radius 1 is 1.18 bits per heavy atom. The molecule has 148 valence electrons. The van der Waals surface area contributed by atoms with Gasteiger partial charge in [-0.25, -0.2) is 5.01 Å². The maximum Gasteiger partial charge on any atom is 0.243 e. The summed E-state index contributed by atoms with van der Waals surface area (Å²) in [6, 6.07) is 14.1. The molecule has 0 spiro atoms. The highest BCUT2D eigenvalue weighted by atomic mass is 32.1. The second kappa shape index (κ2) is 9.61. The summed E-state index contributed by atoms with van der Waals surface area (Å²) in [6.45, 7) is 1.10. The molecule has 2 heterocycles. The first-order valence-electron chi connectivity index (χ1n) is 9.44. The van der Waals surface area contributed by atoms with Crippen molar-refractivity contribution in [2.24, 2.45) is 5.10 Å². The summed E-state index contributed by atoms with van der Waals surface area (Å²) in [5.74, 6) is -0.216. The normalized spacial score (nSPS) is 14.8. The van der Waals surface area contributed by atoms with Crippen molar-refractivity contribution in [1.29, 1.82) is 0 Å². The van der Waals surface area contributed by atoms with Crippen molar-refractivity contribution in [3.05, 3.63) is 58.3 Å². The van der Waals surface area contributed by atoms with Crippen molar-refractivity contribution in [3.63, 3.8) is 0 Å². The Balaban J connectivity index is 1.45. The molecule has 28 heavy (non-hydrogen) atoms. The predicted molar refractivity (Wildman–Crippen MR) is 112 cm³/mol. The molecule has 2 amide bonds. The van der Waals surface area contributed by atoms with Gasteiger partial charge in [0.05, 0.1) is 18.3 Å². The highest BCUT2D eigenvalue weighted by Crippen LogP contribution is 2.22. The second-order valence-corrected chi connectivity index (χ2v) is 7.96. The van der Waals surface area contributed by atoms with Gasteiger partial charge in [-0.15, -0.1) is 11.3 Å². The van der Waals surface area contributed by atoms with Gasteiger partial charge in [0.15, 0.2) is 0 Å². The van der Waals surface area contributed by atoms with Crippen LogP contribution in [-0.4, -0.2) is 54.6 Å². The molecule has 0 aliphatic carbocycles. The van der Waals surface area contributed by atoms with E-state index in [9.17, 15) is 9.59 Å². The summed E-state index contributed by atoms with van der Waals surface area (Å²) in [7, 11) is 3.99. The average molecular weight is 399 g/mol. The maximum atomic E-state index is 12.4. The van der Waals surface area contributed by atoms with E-state index in [1.807, 2.05) is 55.9 Å². The van der Waals surface area contributed by atoms with Gasteiger partial charge >= 0.3 is 0 Å². The molecule has 2 aromatic rings. The van der Waals surface area contributed by atoms with E-state index in [4.69, 9.17) is 0 Å². The number of hydrogen-bond acceptors (Lipinski definition) is 5. The van der Waals surface area contributed by atoms with E-state index in [0.29, 0.717) is 13.1 Å². The zero-order valence-corrected chi connectivity index (χ0v) is 17.1. The van der Waals surface area contributed by atoms with Gasteiger partial charge < -0.3 is 10.2 Å². The number of benzene rings is 1. The van der Waals surface area contributed by atoms with Crippen molar-refractivity contribution in [2.75, 3.05) is 27.2 Å². The van der Waals surface area contributed by atoms with Crippen LogP contribution in [0.3, 0.4) is 0 Å². The van der Waals surface area contributed by atoms with Crippen LogP contribution in [0.5, 0.6) is 0 Å². The topological polar surface area (TPSA) is 65.0 Å². The highest BCUT2D eigenvalue weighted by Gasteiger charge is 2.22. The van der Waals surface area contributed by atoms with Gasteiger partial charge in [-0.2, -0.15) is 5.10 Å². The summed E-state index contributed by atoms with van der Waals surface area (Å²) in [4.78, 5) is 27.9. The summed E-state index contributed by atoms with van der Waals surface area (Å²) in [5.41, 5.74) is 1.96. The van der Waals surface area contributed by atoms with Crippen LogP contribution in [0.4, 0.5) is 0 Å². The number of nitrogens with one attached hydrogen (secondary N) is 1. The van der Waals surface area contributed by atoms with Crippen molar-refractivity contribution in [2.45, 2.75) is 25.3 Å². The average Bonchev–Trinajstić information content (AvgIpc) is 3.39. The van der Waals surface area contributed by atoms with Gasteiger partial charge in [-0.05, 0) is 31.1 Å². The van der Waals surface area contributed by atoms with Crippen molar-refractivity contribution in [1.82, 2.24) is 15.2 Å². The standard InChI is InChI=1S/C21H26N4O2S/c1-24(2)18(19-9-6-14-28-19)15-22-20(26)10-11-21(27)25-13-12-17(23-25)16-7-4-3-5-8-16/h3-9,14,18H,10-13,15H2,1-2H3,(H,22,26). The first-order chi connectivity index (χ1) is 13.5. The van der Waals surface area contributed by atoms with Gasteiger partial charge in [0.25, 0.3) is 0 Å². The zero-order chi connectivity index (χ0) is 19.9. The molecule has 1 aromatic carbocycles. The Labute approximate surface area is 169 Å². The lowest BCUT2D eigenvalue weighted by Gasteiger charge is -2.23. The summed E-state index contributed by atoms with van der Waals surface area (Å²) in [6.07, 6.45) is 1.09. The lowest BCUT2D eigenvalue weighted by Crippen LogP contribution is -2.34. The fourth-order valence-corrected chi connectivity index (χ4v) is 4.06. The summed E-state index contributed by atoms with van der Waals surface area (Å²) in [5, 5.41) is 10.9. The van der Waals surface area contributed by atoms with Gasteiger partial charge in [0.2, 0.25) is 11.8 Å². The smallest absolute Gasteiger partial charge is 0.243 e. The van der Waals surface area contributed by atoms with Crippen molar-refractivity contribution in [3.8, 4) is 0 Å². The summed E-state index contributed by atoms with van der Waals surface area (Å²) >= 11 is 1.68. The number of likely N-dealkylation sites (N-methyl/N-ethyl adjacent to an activating group) is 1. The number of rotatable bonds is 8. The number of hydrogen-bond donors (Lipinski definition) is 1. The molecular weight excluding hydrogens is 372 g/mol. The van der Waals surface area contributed by atoms with Crippen LogP contribution in [0.2, 0.25) is 0 Å². The van der Waals surface area contributed by atoms with E-state index in [1.54, 1.807) is 11.3 Å². The lowest BCUT2D eigenvalue weighted by molar-refractivity contribution is -0.133. The molecule has 1 unspecified atom stereocenters. The molecule has 0 saturated heterocycles. The van der Waals surface area contributed by atoms with E-state index < -0.39 is 0 Å². The van der Waals surface area contributed by atoms with Crippen LogP contribution in [0.15, 0.2) is 52.9 Å². The molecule has 1 atom stereocenters. The molecule has 3 rings (SSSR count). The minimum absolute atomic E-state index is 0.108. The van der Waals surface area contributed by atoms with E-state index in [1.165, 1.54) is 9.89 Å². The fraction of sp³-hybridized carbons (Fsp3) is 0.381. The minimum atomic E-state index is -0.108. The highest BCUT2D eigenvalue weighted by molar-refractivity contribution is 7.10. The quantitative estimate of drug-likeness (QED) is 0.744.